The quantitative estimate of drug-likeness (QED) is 0.838. The van der Waals surface area contributed by atoms with Crippen molar-refractivity contribution in [1.29, 1.82) is 0 Å². The van der Waals surface area contributed by atoms with Gasteiger partial charge in [-0.1, -0.05) is 0 Å². The second-order valence-electron chi connectivity index (χ2n) is 5.95. The van der Waals surface area contributed by atoms with Gasteiger partial charge in [-0.3, -0.25) is 9.78 Å². The van der Waals surface area contributed by atoms with Gasteiger partial charge in [-0.05, 0) is 26.0 Å². The van der Waals surface area contributed by atoms with Gasteiger partial charge in [0, 0.05) is 38.3 Å². The molecule has 0 bridgehead atoms. The lowest BCUT2D eigenvalue weighted by molar-refractivity contribution is -0.114. The summed E-state index contributed by atoms with van der Waals surface area (Å²) in [5, 5.41) is 2.60. The van der Waals surface area contributed by atoms with Gasteiger partial charge < -0.3 is 15.0 Å². The molecule has 0 aromatic carbocycles. The maximum absolute atomic E-state index is 13.7. The van der Waals surface area contributed by atoms with Crippen LogP contribution in [0, 0.1) is 6.92 Å². The van der Waals surface area contributed by atoms with Crippen LogP contribution in [0.3, 0.4) is 0 Å². The lowest BCUT2D eigenvalue weighted by atomic mass is 10.2. The number of nitrogens with one attached hydrogen (secondary N) is 1. The summed E-state index contributed by atoms with van der Waals surface area (Å²) < 4.78 is 33.0. The van der Waals surface area contributed by atoms with Crippen molar-refractivity contribution < 1.29 is 18.3 Å². The Kier molecular flexibility index (Phi) is 5.74. The van der Waals surface area contributed by atoms with Crippen LogP contribution in [0.4, 0.5) is 26.0 Å². The summed E-state index contributed by atoms with van der Waals surface area (Å²) in [7, 11) is 1.72. The van der Waals surface area contributed by atoms with Gasteiger partial charge in [0.1, 0.15) is 11.5 Å². The monoisotopic (exact) mass is 364 g/mol. The van der Waals surface area contributed by atoms with Crippen LogP contribution in [0.1, 0.15) is 32.2 Å². The summed E-state index contributed by atoms with van der Waals surface area (Å²) in [6.45, 7) is 6.09. The van der Waals surface area contributed by atoms with E-state index >= 15 is 0 Å². The van der Waals surface area contributed by atoms with Gasteiger partial charge in [-0.25, -0.2) is 4.98 Å². The van der Waals surface area contributed by atoms with Crippen molar-refractivity contribution in [3.63, 3.8) is 0 Å². The average Bonchev–Trinajstić information content (AvgIpc) is 2.54. The Balaban J connectivity index is 2.52. The van der Waals surface area contributed by atoms with E-state index in [1.54, 1.807) is 31.0 Å². The third-order valence-electron chi connectivity index (χ3n) is 3.59. The molecule has 2 aromatic heterocycles. The molecule has 0 fully saturated rings. The molecule has 0 saturated carbocycles. The van der Waals surface area contributed by atoms with E-state index in [2.05, 4.69) is 15.3 Å². The molecule has 0 saturated heterocycles. The predicted molar refractivity (Wildman–Crippen MR) is 96.3 cm³/mol. The summed E-state index contributed by atoms with van der Waals surface area (Å²) in [6, 6.07) is 4.66. The SMILES string of the molecule is CCOc1cnc(NC(C)=O)cc1N(C)c1cc(C)nc(C(C)(F)F)c1. The number of halogens is 2. The number of alkyl halides is 2. The van der Waals surface area contributed by atoms with E-state index < -0.39 is 5.92 Å². The molecular weight excluding hydrogens is 342 g/mol. The van der Waals surface area contributed by atoms with Crippen LogP contribution >= 0.6 is 0 Å². The van der Waals surface area contributed by atoms with E-state index in [1.807, 2.05) is 6.92 Å². The third-order valence-corrected chi connectivity index (χ3v) is 3.59. The molecule has 0 spiro atoms. The van der Waals surface area contributed by atoms with Crippen molar-refractivity contribution in [3.8, 4) is 5.75 Å². The van der Waals surface area contributed by atoms with Crippen LogP contribution in [0.5, 0.6) is 5.75 Å². The first kappa shape index (κ1) is 19.6. The van der Waals surface area contributed by atoms with Crippen molar-refractivity contribution in [3.05, 3.63) is 35.8 Å². The van der Waals surface area contributed by atoms with Crippen LogP contribution < -0.4 is 15.0 Å². The molecule has 0 aliphatic rings. The molecule has 0 unspecified atom stereocenters. The number of nitrogens with zero attached hydrogens (tertiary/aromatic N) is 3. The lowest BCUT2D eigenvalue weighted by Gasteiger charge is -2.24. The molecule has 0 aliphatic carbocycles. The van der Waals surface area contributed by atoms with Gasteiger partial charge in [0.25, 0.3) is 5.92 Å². The molecule has 0 atom stereocenters. The van der Waals surface area contributed by atoms with Crippen molar-refractivity contribution in [1.82, 2.24) is 9.97 Å². The average molecular weight is 364 g/mol. The fraction of sp³-hybridized carbons (Fsp3) is 0.389. The fourth-order valence-corrected chi connectivity index (χ4v) is 2.42. The van der Waals surface area contributed by atoms with Crippen LogP contribution in [-0.2, 0) is 10.7 Å². The van der Waals surface area contributed by atoms with Gasteiger partial charge >= 0.3 is 0 Å². The molecule has 26 heavy (non-hydrogen) atoms. The Morgan fingerprint density at radius 2 is 2.04 bits per heavy atom. The van der Waals surface area contributed by atoms with E-state index in [9.17, 15) is 13.6 Å². The van der Waals surface area contributed by atoms with Gasteiger partial charge in [0.15, 0.2) is 5.75 Å². The number of carbonyl (C=O) groups excluding carboxylic acids is 1. The topological polar surface area (TPSA) is 67.3 Å². The highest BCUT2D eigenvalue weighted by molar-refractivity contribution is 5.88. The number of aromatic nitrogens is 2. The molecule has 2 aromatic rings. The van der Waals surface area contributed by atoms with Crippen molar-refractivity contribution in [2.75, 3.05) is 23.9 Å². The van der Waals surface area contributed by atoms with Crippen molar-refractivity contribution in [2.45, 2.75) is 33.6 Å². The van der Waals surface area contributed by atoms with Gasteiger partial charge in [0.2, 0.25) is 5.91 Å². The normalized spacial score (nSPS) is 11.2. The molecule has 0 radical (unpaired) electrons. The second kappa shape index (κ2) is 7.63. The number of rotatable bonds is 6. The Bertz CT molecular complexity index is 806. The van der Waals surface area contributed by atoms with Gasteiger partial charge in [0.05, 0.1) is 18.5 Å². The Hall–Kier alpha value is -2.77. The summed E-state index contributed by atoms with van der Waals surface area (Å²) in [5.41, 5.74) is 1.27. The number of aryl methyl sites for hydroxylation is 1. The number of anilines is 3. The molecule has 2 rings (SSSR count). The number of pyridine rings is 2. The summed E-state index contributed by atoms with van der Waals surface area (Å²) in [5.74, 6) is -2.50. The summed E-state index contributed by atoms with van der Waals surface area (Å²) >= 11 is 0. The number of ether oxygens (including phenoxy) is 1. The number of amides is 1. The molecule has 8 heteroatoms. The minimum Gasteiger partial charge on any atom is -0.490 e. The zero-order valence-electron chi connectivity index (χ0n) is 15.4. The number of carbonyl (C=O) groups is 1. The first-order valence-electron chi connectivity index (χ1n) is 8.13. The van der Waals surface area contributed by atoms with Crippen LogP contribution in [0.2, 0.25) is 0 Å². The van der Waals surface area contributed by atoms with Crippen LogP contribution in [0.15, 0.2) is 24.4 Å². The second-order valence-corrected chi connectivity index (χ2v) is 5.95. The Morgan fingerprint density at radius 3 is 2.62 bits per heavy atom. The standard InChI is InChI=1S/C18H22F2N4O2/c1-6-26-15-10-21-17(23-12(3)25)9-14(15)24(5)13-7-11(2)22-16(8-13)18(4,19)20/h7-10H,6H2,1-5H3,(H,21,23,25). The van der Waals surface area contributed by atoms with Crippen LogP contribution in [0.25, 0.3) is 0 Å². The third kappa shape index (κ3) is 4.65. The highest BCUT2D eigenvalue weighted by Gasteiger charge is 2.27. The van der Waals surface area contributed by atoms with Crippen molar-refractivity contribution >= 4 is 23.1 Å². The minimum atomic E-state index is -3.05. The molecule has 140 valence electrons. The smallest absolute Gasteiger partial charge is 0.287 e. The zero-order chi connectivity index (χ0) is 19.5. The highest BCUT2D eigenvalue weighted by Crippen LogP contribution is 2.36. The summed E-state index contributed by atoms with van der Waals surface area (Å²) in [6.07, 6.45) is 1.49. The zero-order valence-corrected chi connectivity index (χ0v) is 15.4. The van der Waals surface area contributed by atoms with Gasteiger partial charge in [-0.15, -0.1) is 0 Å². The fourth-order valence-electron chi connectivity index (χ4n) is 2.42. The molecular formula is C18H22F2N4O2. The van der Waals surface area contributed by atoms with E-state index in [-0.39, 0.29) is 11.6 Å². The molecule has 0 aliphatic heterocycles. The highest BCUT2D eigenvalue weighted by atomic mass is 19.3. The first-order chi connectivity index (χ1) is 12.1. The molecule has 2 heterocycles. The Morgan fingerprint density at radius 1 is 1.35 bits per heavy atom. The van der Waals surface area contributed by atoms with Crippen molar-refractivity contribution in [2.24, 2.45) is 0 Å². The number of hydrogen-bond acceptors (Lipinski definition) is 5. The van der Waals surface area contributed by atoms with Crippen LogP contribution in [-0.4, -0.2) is 29.5 Å². The molecule has 1 N–H and O–H groups in total. The lowest BCUT2D eigenvalue weighted by Crippen LogP contribution is -2.16. The molecule has 1 amide bonds. The maximum Gasteiger partial charge on any atom is 0.287 e. The van der Waals surface area contributed by atoms with Gasteiger partial charge in [-0.2, -0.15) is 8.78 Å². The van der Waals surface area contributed by atoms with E-state index in [1.165, 1.54) is 19.2 Å². The minimum absolute atomic E-state index is 0.261. The van der Waals surface area contributed by atoms with E-state index in [0.717, 1.165) is 6.92 Å². The summed E-state index contributed by atoms with van der Waals surface area (Å²) in [4.78, 5) is 21.0. The molecule has 6 nitrogen and oxygen atoms in total. The van der Waals surface area contributed by atoms with E-state index in [4.69, 9.17) is 4.74 Å². The maximum atomic E-state index is 13.7. The Labute approximate surface area is 151 Å². The van der Waals surface area contributed by atoms with E-state index in [0.29, 0.717) is 35.2 Å². The largest absolute Gasteiger partial charge is 0.490 e. The first-order valence-corrected chi connectivity index (χ1v) is 8.13. The predicted octanol–water partition coefficient (Wildman–Crippen LogP) is 4.02. The number of hydrogen-bond donors (Lipinski definition) is 1.